The molecule has 18 heavy (non-hydrogen) atoms. The van der Waals surface area contributed by atoms with Gasteiger partial charge in [0.05, 0.1) is 12.7 Å². The van der Waals surface area contributed by atoms with Crippen LogP contribution in [-0.4, -0.2) is 31.3 Å². The molecular formula is C15H27BrO2. The normalized spacial score (nSPS) is 32.3. The van der Waals surface area contributed by atoms with E-state index in [4.69, 9.17) is 9.47 Å². The molecule has 2 nitrogen and oxygen atoms in total. The lowest BCUT2D eigenvalue weighted by Gasteiger charge is -2.39. The predicted octanol–water partition coefficient (Wildman–Crippen LogP) is 4.16. The Balaban J connectivity index is 1.84. The fraction of sp³-hybridized carbons (Fsp3) is 1.00. The van der Waals surface area contributed by atoms with Crippen LogP contribution >= 0.6 is 15.9 Å². The highest BCUT2D eigenvalue weighted by Gasteiger charge is 2.34. The molecule has 0 radical (unpaired) electrons. The van der Waals surface area contributed by atoms with Crippen LogP contribution in [0.5, 0.6) is 0 Å². The van der Waals surface area contributed by atoms with Crippen molar-refractivity contribution in [2.75, 3.05) is 25.2 Å². The highest BCUT2D eigenvalue weighted by Crippen LogP contribution is 2.36. The fourth-order valence-electron chi connectivity index (χ4n) is 3.26. The number of ether oxygens (including phenoxy) is 2. The summed E-state index contributed by atoms with van der Waals surface area (Å²) in [5.74, 6) is 0.797. The number of hydrogen-bond donors (Lipinski definition) is 0. The zero-order chi connectivity index (χ0) is 12.8. The van der Waals surface area contributed by atoms with Crippen molar-refractivity contribution in [3.05, 3.63) is 0 Å². The van der Waals surface area contributed by atoms with Crippen LogP contribution in [0.15, 0.2) is 0 Å². The van der Waals surface area contributed by atoms with Crippen molar-refractivity contribution in [3.63, 3.8) is 0 Å². The van der Waals surface area contributed by atoms with Crippen LogP contribution in [-0.2, 0) is 9.47 Å². The predicted molar refractivity (Wildman–Crippen MR) is 78.3 cm³/mol. The molecule has 0 aromatic heterocycles. The van der Waals surface area contributed by atoms with Gasteiger partial charge in [-0.2, -0.15) is 0 Å². The second-order valence-corrected chi connectivity index (χ2v) is 6.61. The van der Waals surface area contributed by atoms with E-state index in [0.717, 1.165) is 43.9 Å². The summed E-state index contributed by atoms with van der Waals surface area (Å²) < 4.78 is 11.8. The van der Waals surface area contributed by atoms with Crippen molar-refractivity contribution >= 4 is 15.9 Å². The molecular weight excluding hydrogens is 292 g/mol. The van der Waals surface area contributed by atoms with Crippen LogP contribution in [0.25, 0.3) is 0 Å². The van der Waals surface area contributed by atoms with Crippen LogP contribution in [0.1, 0.15) is 51.9 Å². The Hall–Kier alpha value is 0.400. The molecule has 1 saturated carbocycles. The highest BCUT2D eigenvalue weighted by atomic mass is 79.9. The van der Waals surface area contributed by atoms with Crippen molar-refractivity contribution in [3.8, 4) is 0 Å². The summed E-state index contributed by atoms with van der Waals surface area (Å²) in [5.41, 5.74) is 0.327. The molecule has 1 heterocycles. The lowest BCUT2D eigenvalue weighted by molar-refractivity contribution is -0.0780. The van der Waals surface area contributed by atoms with E-state index in [9.17, 15) is 0 Å². The van der Waals surface area contributed by atoms with Gasteiger partial charge in [-0.15, -0.1) is 0 Å². The maximum atomic E-state index is 6.33. The summed E-state index contributed by atoms with van der Waals surface area (Å²) in [6.07, 6.45) is 9.46. The van der Waals surface area contributed by atoms with E-state index >= 15 is 0 Å². The minimum Gasteiger partial charge on any atom is -0.381 e. The number of rotatable bonds is 5. The summed E-state index contributed by atoms with van der Waals surface area (Å²) in [4.78, 5) is 0. The molecule has 1 saturated heterocycles. The standard InChI is InChI=1S/C15H27BrO2/c1-2-13-5-3-4-6-14(13)18-12-15(11-16)7-9-17-10-8-15/h13-14H,2-12H2,1H3. The largest absolute Gasteiger partial charge is 0.381 e. The Labute approximate surface area is 120 Å². The van der Waals surface area contributed by atoms with Gasteiger partial charge in [-0.05, 0) is 31.6 Å². The summed E-state index contributed by atoms with van der Waals surface area (Å²) >= 11 is 3.69. The molecule has 3 heteroatoms. The zero-order valence-electron chi connectivity index (χ0n) is 11.6. The highest BCUT2D eigenvalue weighted by molar-refractivity contribution is 9.09. The second-order valence-electron chi connectivity index (χ2n) is 6.05. The molecule has 0 aromatic rings. The average Bonchev–Trinajstić information content (AvgIpc) is 2.46. The Kier molecular flexibility index (Phi) is 5.96. The quantitative estimate of drug-likeness (QED) is 0.708. The number of alkyl halides is 1. The Morgan fingerprint density at radius 1 is 1.22 bits per heavy atom. The summed E-state index contributed by atoms with van der Waals surface area (Å²) in [7, 11) is 0. The van der Waals surface area contributed by atoms with Gasteiger partial charge in [0.15, 0.2) is 0 Å². The third-order valence-corrected chi connectivity index (χ3v) is 5.99. The Bertz CT molecular complexity index is 239. The van der Waals surface area contributed by atoms with Crippen molar-refractivity contribution in [1.82, 2.24) is 0 Å². The van der Waals surface area contributed by atoms with E-state index in [1.54, 1.807) is 0 Å². The van der Waals surface area contributed by atoms with Gasteiger partial charge in [-0.25, -0.2) is 0 Å². The lowest BCUT2D eigenvalue weighted by atomic mass is 9.82. The topological polar surface area (TPSA) is 18.5 Å². The van der Waals surface area contributed by atoms with Crippen molar-refractivity contribution in [1.29, 1.82) is 0 Å². The van der Waals surface area contributed by atoms with E-state index in [0.29, 0.717) is 11.5 Å². The average molecular weight is 319 g/mol. The van der Waals surface area contributed by atoms with Crippen molar-refractivity contribution < 1.29 is 9.47 Å². The van der Waals surface area contributed by atoms with Crippen LogP contribution in [0.3, 0.4) is 0 Å². The molecule has 0 amide bonds. The van der Waals surface area contributed by atoms with Crippen molar-refractivity contribution in [2.24, 2.45) is 11.3 Å². The minimum atomic E-state index is 0.327. The van der Waals surface area contributed by atoms with Gasteiger partial charge in [0.25, 0.3) is 0 Å². The first-order valence-corrected chi connectivity index (χ1v) is 8.67. The number of hydrogen-bond acceptors (Lipinski definition) is 2. The van der Waals surface area contributed by atoms with Gasteiger partial charge in [-0.3, -0.25) is 0 Å². The molecule has 2 aliphatic rings. The summed E-state index contributed by atoms with van der Waals surface area (Å²) in [5, 5.41) is 1.05. The SMILES string of the molecule is CCC1CCCCC1OCC1(CBr)CCOCC1. The smallest absolute Gasteiger partial charge is 0.0603 e. The second kappa shape index (κ2) is 7.25. The van der Waals surface area contributed by atoms with Gasteiger partial charge in [-0.1, -0.05) is 42.1 Å². The third-order valence-electron chi connectivity index (χ3n) is 4.80. The molecule has 1 aliphatic carbocycles. The van der Waals surface area contributed by atoms with Gasteiger partial charge in [0.2, 0.25) is 0 Å². The maximum Gasteiger partial charge on any atom is 0.0603 e. The van der Waals surface area contributed by atoms with E-state index in [1.807, 2.05) is 0 Å². The first kappa shape index (κ1) is 14.8. The first-order valence-electron chi connectivity index (χ1n) is 7.55. The first-order chi connectivity index (χ1) is 8.79. The fourth-order valence-corrected chi connectivity index (χ4v) is 3.99. The molecule has 2 atom stereocenters. The van der Waals surface area contributed by atoms with E-state index in [-0.39, 0.29) is 0 Å². The van der Waals surface area contributed by atoms with Crippen LogP contribution in [0, 0.1) is 11.3 Å². The summed E-state index contributed by atoms with van der Waals surface area (Å²) in [6.45, 7) is 5.03. The lowest BCUT2D eigenvalue weighted by Crippen LogP contribution is -2.39. The van der Waals surface area contributed by atoms with Gasteiger partial charge in [0.1, 0.15) is 0 Å². The maximum absolute atomic E-state index is 6.33. The monoisotopic (exact) mass is 318 g/mol. The third kappa shape index (κ3) is 3.71. The Morgan fingerprint density at radius 2 is 1.94 bits per heavy atom. The molecule has 0 spiro atoms. The Morgan fingerprint density at radius 3 is 2.61 bits per heavy atom. The van der Waals surface area contributed by atoms with Gasteiger partial charge < -0.3 is 9.47 Å². The van der Waals surface area contributed by atoms with Crippen LogP contribution < -0.4 is 0 Å². The van der Waals surface area contributed by atoms with E-state index < -0.39 is 0 Å². The molecule has 0 bridgehead atoms. The molecule has 2 unspecified atom stereocenters. The molecule has 0 N–H and O–H groups in total. The van der Waals surface area contributed by atoms with Gasteiger partial charge in [0, 0.05) is 24.0 Å². The summed E-state index contributed by atoms with van der Waals surface area (Å²) in [6, 6.07) is 0. The van der Waals surface area contributed by atoms with Crippen molar-refractivity contribution in [2.45, 2.75) is 58.0 Å². The zero-order valence-corrected chi connectivity index (χ0v) is 13.2. The van der Waals surface area contributed by atoms with Crippen LogP contribution in [0.4, 0.5) is 0 Å². The molecule has 106 valence electrons. The minimum absolute atomic E-state index is 0.327. The molecule has 2 fully saturated rings. The van der Waals surface area contributed by atoms with E-state index in [2.05, 4.69) is 22.9 Å². The van der Waals surface area contributed by atoms with E-state index in [1.165, 1.54) is 32.1 Å². The number of halogens is 1. The van der Waals surface area contributed by atoms with Gasteiger partial charge >= 0.3 is 0 Å². The van der Waals surface area contributed by atoms with Crippen LogP contribution in [0.2, 0.25) is 0 Å². The molecule has 2 rings (SSSR count). The molecule has 0 aromatic carbocycles. The molecule has 1 aliphatic heterocycles.